The number of carbonyl (C=O) groups is 1. The highest BCUT2D eigenvalue weighted by Gasteiger charge is 2.20. The van der Waals surface area contributed by atoms with Crippen LogP contribution in [0.4, 0.5) is 0 Å². The summed E-state index contributed by atoms with van der Waals surface area (Å²) in [6.45, 7) is 10.6. The number of piperazine rings is 1. The van der Waals surface area contributed by atoms with E-state index in [9.17, 15) is 4.79 Å². The zero-order chi connectivity index (χ0) is 22.4. The first-order chi connectivity index (χ1) is 14.9. The monoisotopic (exact) mass is 426 g/mol. The highest BCUT2D eigenvalue weighted by Crippen LogP contribution is 2.38. The second-order valence-corrected chi connectivity index (χ2v) is 7.90. The molecule has 1 aliphatic rings. The Morgan fingerprint density at radius 1 is 1.10 bits per heavy atom. The van der Waals surface area contributed by atoms with E-state index in [-0.39, 0.29) is 5.75 Å². The fourth-order valence-corrected chi connectivity index (χ4v) is 3.78. The van der Waals surface area contributed by atoms with Crippen molar-refractivity contribution in [2.45, 2.75) is 27.3 Å². The molecule has 7 nitrogen and oxygen atoms in total. The van der Waals surface area contributed by atoms with Crippen molar-refractivity contribution >= 4 is 12.2 Å². The van der Waals surface area contributed by atoms with Gasteiger partial charge in [-0.05, 0) is 31.5 Å². The summed E-state index contributed by atoms with van der Waals surface area (Å²) in [4.78, 5) is 12.9. The average Bonchev–Trinajstić information content (AvgIpc) is 2.75. The van der Waals surface area contributed by atoms with Gasteiger partial charge in [-0.1, -0.05) is 23.8 Å². The third-order valence-electron chi connectivity index (χ3n) is 5.48. The van der Waals surface area contributed by atoms with Crippen LogP contribution < -0.4 is 19.1 Å². The van der Waals surface area contributed by atoms with E-state index >= 15 is 0 Å². The van der Waals surface area contributed by atoms with E-state index < -0.39 is 5.97 Å². The lowest BCUT2D eigenvalue weighted by Gasteiger charge is -2.30. The highest BCUT2D eigenvalue weighted by molar-refractivity contribution is 5.83. The van der Waals surface area contributed by atoms with Gasteiger partial charge >= 0.3 is 5.97 Å². The molecule has 1 fully saturated rings. The number of hydrogen-bond donors (Lipinski definition) is 1. The minimum absolute atomic E-state index is 0.276. The van der Waals surface area contributed by atoms with E-state index in [1.165, 1.54) is 37.8 Å². The number of carbonyl (C=O) groups excluding carboxylic acids is 1. The molecule has 0 amide bonds. The summed E-state index contributed by atoms with van der Waals surface area (Å²) in [6.07, 6.45) is 1.79. The van der Waals surface area contributed by atoms with Crippen molar-refractivity contribution in [3.63, 3.8) is 0 Å². The SMILES string of the molecule is COc1cc(C=NN2CC[NH+](Cc3ccc(C)cc3C)CC2)cc(OC)c1OC(C)=O. The summed E-state index contributed by atoms with van der Waals surface area (Å²) in [5.41, 5.74) is 4.91. The number of nitrogens with zero attached hydrogens (tertiary/aromatic N) is 2. The topological polar surface area (TPSA) is 64.8 Å². The largest absolute Gasteiger partial charge is 0.493 e. The Labute approximate surface area is 184 Å². The second-order valence-electron chi connectivity index (χ2n) is 7.90. The highest BCUT2D eigenvalue weighted by atomic mass is 16.6. The number of ether oxygens (including phenoxy) is 3. The third kappa shape index (κ3) is 5.98. The van der Waals surface area contributed by atoms with Gasteiger partial charge in [0.15, 0.2) is 11.5 Å². The second kappa shape index (κ2) is 10.3. The zero-order valence-corrected chi connectivity index (χ0v) is 19.0. The summed E-state index contributed by atoms with van der Waals surface area (Å²) >= 11 is 0. The quantitative estimate of drug-likeness (QED) is 0.417. The molecule has 1 saturated heterocycles. The molecule has 0 radical (unpaired) electrons. The van der Waals surface area contributed by atoms with Gasteiger partial charge in [0.1, 0.15) is 6.54 Å². The normalized spacial score (nSPS) is 14.7. The molecule has 0 atom stereocenters. The molecule has 1 aliphatic heterocycles. The Morgan fingerprint density at radius 2 is 1.74 bits per heavy atom. The molecule has 0 aromatic heterocycles. The molecule has 2 aromatic carbocycles. The van der Waals surface area contributed by atoms with Crippen molar-refractivity contribution < 1.29 is 23.9 Å². The van der Waals surface area contributed by atoms with Crippen LogP contribution in [0.1, 0.15) is 29.2 Å². The number of nitrogens with one attached hydrogen (secondary N) is 1. The van der Waals surface area contributed by atoms with Crippen LogP contribution in [0, 0.1) is 13.8 Å². The van der Waals surface area contributed by atoms with Gasteiger partial charge in [0.05, 0.1) is 46.6 Å². The van der Waals surface area contributed by atoms with Crippen molar-refractivity contribution in [2.75, 3.05) is 40.4 Å². The number of benzene rings is 2. The molecule has 166 valence electrons. The van der Waals surface area contributed by atoms with Gasteiger partial charge < -0.3 is 19.1 Å². The first kappa shape index (κ1) is 22.6. The van der Waals surface area contributed by atoms with Crippen LogP contribution in [0.2, 0.25) is 0 Å². The van der Waals surface area contributed by atoms with E-state index in [0.717, 1.165) is 38.3 Å². The van der Waals surface area contributed by atoms with Crippen LogP contribution in [0.5, 0.6) is 17.2 Å². The maximum absolute atomic E-state index is 11.4. The Bertz CT molecular complexity index is 925. The standard InChI is InChI=1S/C24H31N3O4/c1-17-6-7-21(18(2)12-17)16-26-8-10-27(11-9-26)25-15-20-13-22(29-4)24(31-19(3)28)23(14-20)30-5/h6-7,12-15H,8-11,16H2,1-5H3/p+1. The molecular formula is C24H32N3O4+. The van der Waals surface area contributed by atoms with E-state index in [1.54, 1.807) is 23.2 Å². The molecule has 7 heteroatoms. The van der Waals surface area contributed by atoms with Gasteiger partial charge in [-0.3, -0.25) is 9.80 Å². The maximum Gasteiger partial charge on any atom is 0.308 e. The van der Waals surface area contributed by atoms with E-state index in [4.69, 9.17) is 14.2 Å². The summed E-state index contributed by atoms with van der Waals surface area (Å²) in [7, 11) is 3.06. The molecule has 2 aromatic rings. The van der Waals surface area contributed by atoms with Crippen LogP contribution in [0.25, 0.3) is 0 Å². The van der Waals surface area contributed by atoms with Crippen LogP contribution >= 0.6 is 0 Å². The van der Waals surface area contributed by atoms with Crippen molar-refractivity contribution in [2.24, 2.45) is 5.10 Å². The van der Waals surface area contributed by atoms with Gasteiger partial charge in [-0.25, -0.2) is 0 Å². The van der Waals surface area contributed by atoms with Gasteiger partial charge in [-0.2, -0.15) is 5.10 Å². The lowest BCUT2D eigenvalue weighted by atomic mass is 10.1. The minimum atomic E-state index is -0.431. The zero-order valence-electron chi connectivity index (χ0n) is 19.0. The fraction of sp³-hybridized carbons (Fsp3) is 0.417. The first-order valence-electron chi connectivity index (χ1n) is 10.5. The molecular weight excluding hydrogens is 394 g/mol. The van der Waals surface area contributed by atoms with Gasteiger partial charge in [0.2, 0.25) is 5.75 Å². The number of hydrogen-bond acceptors (Lipinski definition) is 6. The number of aryl methyl sites for hydroxylation is 2. The molecule has 0 unspecified atom stereocenters. The number of rotatable bonds is 7. The number of methoxy groups -OCH3 is 2. The van der Waals surface area contributed by atoms with Crippen LogP contribution in [-0.4, -0.2) is 57.6 Å². The van der Waals surface area contributed by atoms with E-state index in [1.807, 2.05) is 0 Å². The fourth-order valence-electron chi connectivity index (χ4n) is 3.78. The van der Waals surface area contributed by atoms with Gasteiger partial charge in [-0.15, -0.1) is 0 Å². The number of quaternary nitrogens is 1. The van der Waals surface area contributed by atoms with Crippen LogP contribution in [-0.2, 0) is 11.3 Å². The van der Waals surface area contributed by atoms with Crippen molar-refractivity contribution in [1.82, 2.24) is 5.01 Å². The smallest absolute Gasteiger partial charge is 0.308 e. The predicted molar refractivity (Wildman–Crippen MR) is 120 cm³/mol. The summed E-state index contributed by atoms with van der Waals surface area (Å²) < 4.78 is 16.0. The lowest BCUT2D eigenvalue weighted by Crippen LogP contribution is -3.13. The van der Waals surface area contributed by atoms with Crippen LogP contribution in [0.15, 0.2) is 35.4 Å². The minimum Gasteiger partial charge on any atom is -0.493 e. The molecule has 0 spiro atoms. The Morgan fingerprint density at radius 3 is 2.29 bits per heavy atom. The molecule has 0 saturated carbocycles. The molecule has 1 heterocycles. The molecule has 0 bridgehead atoms. The third-order valence-corrected chi connectivity index (χ3v) is 5.48. The van der Waals surface area contributed by atoms with E-state index in [0.29, 0.717) is 11.5 Å². The van der Waals surface area contributed by atoms with Crippen molar-refractivity contribution in [1.29, 1.82) is 0 Å². The molecule has 1 N–H and O–H groups in total. The Balaban J connectivity index is 1.62. The summed E-state index contributed by atoms with van der Waals surface area (Å²) in [6, 6.07) is 10.3. The first-order valence-corrected chi connectivity index (χ1v) is 10.5. The Kier molecular flexibility index (Phi) is 7.52. The van der Waals surface area contributed by atoms with Crippen molar-refractivity contribution in [3.8, 4) is 17.2 Å². The van der Waals surface area contributed by atoms with Crippen LogP contribution in [0.3, 0.4) is 0 Å². The maximum atomic E-state index is 11.4. The predicted octanol–water partition coefficient (Wildman–Crippen LogP) is 1.98. The number of esters is 1. The summed E-state index contributed by atoms with van der Waals surface area (Å²) in [5.74, 6) is 0.704. The van der Waals surface area contributed by atoms with Gasteiger partial charge in [0, 0.05) is 18.1 Å². The lowest BCUT2D eigenvalue weighted by molar-refractivity contribution is -0.918. The Hall–Kier alpha value is -3.06. The molecule has 3 rings (SSSR count). The molecule has 0 aliphatic carbocycles. The summed E-state index contributed by atoms with van der Waals surface area (Å²) in [5, 5.41) is 6.73. The molecule has 31 heavy (non-hydrogen) atoms. The average molecular weight is 427 g/mol. The van der Waals surface area contributed by atoms with Gasteiger partial charge in [0.25, 0.3) is 0 Å². The number of hydrazone groups is 1. The van der Waals surface area contributed by atoms with Crippen molar-refractivity contribution in [3.05, 3.63) is 52.6 Å². The van der Waals surface area contributed by atoms with E-state index in [2.05, 4.69) is 42.2 Å².